The lowest BCUT2D eigenvalue weighted by atomic mass is 10.2. The van der Waals surface area contributed by atoms with Crippen LogP contribution >= 0.6 is 34.4 Å². The van der Waals surface area contributed by atoms with Gasteiger partial charge in [0.05, 0.1) is 16.4 Å². The quantitative estimate of drug-likeness (QED) is 0.149. The van der Waals surface area contributed by atoms with Crippen molar-refractivity contribution in [1.29, 1.82) is 0 Å². The van der Waals surface area contributed by atoms with Gasteiger partial charge in [-0.05, 0) is 93.5 Å². The second-order valence-electron chi connectivity index (χ2n) is 7.18. The summed E-state index contributed by atoms with van der Waals surface area (Å²) in [6.07, 6.45) is 1.68. The molecule has 0 aromatic heterocycles. The van der Waals surface area contributed by atoms with Crippen LogP contribution in [0.4, 0.5) is 10.5 Å². The number of non-ortho nitro benzene ring substituents is 1. The summed E-state index contributed by atoms with van der Waals surface area (Å²) in [5.41, 5.74) is 2.44. The Labute approximate surface area is 207 Å². The fraction of sp³-hybridized carbons (Fsp3) is 0.0833. The normalized spacial score (nSPS) is 14.7. The summed E-state index contributed by atoms with van der Waals surface area (Å²) in [6, 6.07) is 21.0. The molecule has 0 N–H and O–H groups in total. The average molecular weight is 572 g/mol. The van der Waals surface area contributed by atoms with Gasteiger partial charge in [-0.15, -0.1) is 0 Å². The molecular weight excluding hydrogens is 555 g/mol. The molecule has 1 fully saturated rings. The first-order valence-electron chi connectivity index (χ1n) is 9.85. The zero-order valence-electron chi connectivity index (χ0n) is 17.1. The molecule has 0 saturated carbocycles. The SMILES string of the molecule is O=C1S/C(=C\c2cccc(OCc3ccc([N+](=O)[O-])cc3)c2)C(=O)N1Cc1ccc(I)cc1. The molecule has 1 aliphatic heterocycles. The highest BCUT2D eigenvalue weighted by molar-refractivity contribution is 14.1. The summed E-state index contributed by atoms with van der Waals surface area (Å²) in [4.78, 5) is 37.1. The fourth-order valence-corrected chi connectivity index (χ4v) is 4.33. The Kier molecular flexibility index (Phi) is 7.09. The Balaban J connectivity index is 1.43. The number of halogens is 1. The van der Waals surface area contributed by atoms with Crippen molar-refractivity contribution in [2.24, 2.45) is 0 Å². The van der Waals surface area contributed by atoms with E-state index in [0.29, 0.717) is 10.7 Å². The van der Waals surface area contributed by atoms with Gasteiger partial charge in [-0.3, -0.25) is 24.6 Å². The number of ether oxygens (including phenoxy) is 1. The van der Waals surface area contributed by atoms with Crippen LogP contribution in [0.1, 0.15) is 16.7 Å². The van der Waals surface area contributed by atoms with Gasteiger partial charge in [-0.25, -0.2) is 0 Å². The number of hydrogen-bond acceptors (Lipinski definition) is 6. The third-order valence-electron chi connectivity index (χ3n) is 4.84. The average Bonchev–Trinajstić information content (AvgIpc) is 3.07. The summed E-state index contributed by atoms with van der Waals surface area (Å²) in [5, 5.41) is 10.5. The van der Waals surface area contributed by atoms with Gasteiger partial charge in [0.15, 0.2) is 0 Å². The number of carbonyl (C=O) groups is 2. The smallest absolute Gasteiger partial charge is 0.293 e. The van der Waals surface area contributed by atoms with E-state index >= 15 is 0 Å². The largest absolute Gasteiger partial charge is 0.489 e. The van der Waals surface area contributed by atoms with Crippen LogP contribution in [0.2, 0.25) is 0 Å². The molecule has 33 heavy (non-hydrogen) atoms. The van der Waals surface area contributed by atoms with Crippen LogP contribution in [0, 0.1) is 13.7 Å². The molecule has 0 bridgehead atoms. The highest BCUT2D eigenvalue weighted by Gasteiger charge is 2.34. The van der Waals surface area contributed by atoms with Gasteiger partial charge in [-0.2, -0.15) is 0 Å². The molecule has 0 unspecified atom stereocenters. The van der Waals surface area contributed by atoms with E-state index in [1.807, 2.05) is 30.3 Å². The Hall–Kier alpha value is -3.18. The van der Waals surface area contributed by atoms with Crippen LogP contribution in [0.25, 0.3) is 6.08 Å². The van der Waals surface area contributed by atoms with Gasteiger partial charge < -0.3 is 4.74 Å². The van der Waals surface area contributed by atoms with Crippen molar-refractivity contribution >= 4 is 57.3 Å². The lowest BCUT2D eigenvalue weighted by Gasteiger charge is -2.12. The third kappa shape index (κ3) is 5.79. The number of rotatable bonds is 7. The van der Waals surface area contributed by atoms with Crippen LogP contribution in [0.15, 0.2) is 77.7 Å². The van der Waals surface area contributed by atoms with Gasteiger partial charge in [0.2, 0.25) is 0 Å². The highest BCUT2D eigenvalue weighted by atomic mass is 127. The maximum atomic E-state index is 12.8. The molecule has 0 spiro atoms. The van der Waals surface area contributed by atoms with E-state index in [4.69, 9.17) is 4.74 Å². The molecule has 3 aromatic carbocycles. The predicted octanol–water partition coefficient (Wildman–Crippen LogP) is 6.01. The summed E-state index contributed by atoms with van der Waals surface area (Å²) in [7, 11) is 0. The predicted molar refractivity (Wildman–Crippen MR) is 135 cm³/mol. The number of hydrogen-bond donors (Lipinski definition) is 0. The minimum absolute atomic E-state index is 0.0247. The molecule has 0 atom stereocenters. The van der Waals surface area contributed by atoms with E-state index < -0.39 is 4.92 Å². The molecule has 9 heteroatoms. The molecular formula is C24H17IN2O5S. The van der Waals surface area contributed by atoms with Crippen molar-refractivity contribution in [3.63, 3.8) is 0 Å². The van der Waals surface area contributed by atoms with Crippen molar-refractivity contribution in [2.75, 3.05) is 0 Å². The minimum atomic E-state index is -0.448. The zero-order chi connectivity index (χ0) is 23.4. The molecule has 7 nitrogen and oxygen atoms in total. The summed E-state index contributed by atoms with van der Waals surface area (Å²) in [6.45, 7) is 0.477. The van der Waals surface area contributed by atoms with Crippen molar-refractivity contribution < 1.29 is 19.2 Å². The van der Waals surface area contributed by atoms with Crippen LogP contribution in [-0.4, -0.2) is 21.0 Å². The van der Waals surface area contributed by atoms with Gasteiger partial charge in [-0.1, -0.05) is 24.3 Å². The number of thioether (sulfide) groups is 1. The Bertz CT molecular complexity index is 1240. The summed E-state index contributed by atoms with van der Waals surface area (Å²) < 4.78 is 6.87. The van der Waals surface area contributed by atoms with Gasteiger partial charge in [0.25, 0.3) is 16.8 Å². The number of nitro groups is 1. The maximum absolute atomic E-state index is 12.8. The van der Waals surface area contributed by atoms with E-state index in [1.165, 1.54) is 17.0 Å². The molecule has 166 valence electrons. The van der Waals surface area contributed by atoms with E-state index in [9.17, 15) is 19.7 Å². The van der Waals surface area contributed by atoms with Crippen LogP contribution in [-0.2, 0) is 17.9 Å². The molecule has 3 aromatic rings. The van der Waals surface area contributed by atoms with Gasteiger partial charge in [0, 0.05) is 15.7 Å². The van der Waals surface area contributed by atoms with Crippen molar-refractivity contribution in [3.05, 3.63) is 108 Å². The van der Waals surface area contributed by atoms with Crippen LogP contribution in [0.3, 0.4) is 0 Å². The summed E-state index contributed by atoms with van der Waals surface area (Å²) >= 11 is 3.12. The minimum Gasteiger partial charge on any atom is -0.489 e. The molecule has 0 aliphatic carbocycles. The van der Waals surface area contributed by atoms with Crippen LogP contribution in [0.5, 0.6) is 5.75 Å². The molecule has 0 radical (unpaired) electrons. The number of benzene rings is 3. The Morgan fingerprint density at radius 3 is 2.39 bits per heavy atom. The second kappa shape index (κ2) is 10.2. The number of amides is 2. The van der Waals surface area contributed by atoms with E-state index in [0.717, 1.165) is 32.0 Å². The number of imide groups is 1. The van der Waals surface area contributed by atoms with Crippen LogP contribution < -0.4 is 4.74 Å². The number of nitro benzene ring substituents is 1. The fourth-order valence-electron chi connectivity index (χ4n) is 3.13. The first-order chi connectivity index (χ1) is 15.9. The first-order valence-corrected chi connectivity index (χ1v) is 11.7. The molecule has 4 rings (SSSR count). The Morgan fingerprint density at radius 2 is 1.70 bits per heavy atom. The topological polar surface area (TPSA) is 89.7 Å². The summed E-state index contributed by atoms with van der Waals surface area (Å²) in [5.74, 6) is 0.265. The Morgan fingerprint density at radius 1 is 1.00 bits per heavy atom. The van der Waals surface area contributed by atoms with Crippen molar-refractivity contribution in [2.45, 2.75) is 13.2 Å². The number of carbonyl (C=O) groups excluding carboxylic acids is 2. The second-order valence-corrected chi connectivity index (χ2v) is 9.42. The van der Waals surface area contributed by atoms with E-state index in [2.05, 4.69) is 22.6 Å². The first kappa shape index (κ1) is 23.0. The molecule has 1 saturated heterocycles. The third-order valence-corrected chi connectivity index (χ3v) is 6.46. The monoisotopic (exact) mass is 572 g/mol. The van der Waals surface area contributed by atoms with Gasteiger partial charge in [0.1, 0.15) is 12.4 Å². The van der Waals surface area contributed by atoms with Crippen molar-refractivity contribution in [3.8, 4) is 5.75 Å². The van der Waals surface area contributed by atoms with E-state index in [1.54, 1.807) is 36.4 Å². The lowest BCUT2D eigenvalue weighted by Crippen LogP contribution is -2.27. The highest BCUT2D eigenvalue weighted by Crippen LogP contribution is 2.33. The standard InChI is InChI=1S/C24H17IN2O5S/c25-19-8-4-16(5-9-19)14-26-23(28)22(33-24(26)29)13-18-2-1-3-21(12-18)32-15-17-6-10-20(11-7-17)27(30)31/h1-13H,14-15H2/b22-13-. The number of nitrogens with zero attached hydrogens (tertiary/aromatic N) is 2. The van der Waals surface area contributed by atoms with Crippen molar-refractivity contribution in [1.82, 2.24) is 4.90 Å². The van der Waals surface area contributed by atoms with E-state index in [-0.39, 0.29) is 30.0 Å². The molecule has 2 amide bonds. The zero-order valence-corrected chi connectivity index (χ0v) is 20.1. The lowest BCUT2D eigenvalue weighted by molar-refractivity contribution is -0.384. The van der Waals surface area contributed by atoms with Gasteiger partial charge >= 0.3 is 0 Å². The molecule has 1 heterocycles. The maximum Gasteiger partial charge on any atom is 0.293 e. The molecule has 1 aliphatic rings.